The fourth-order valence-electron chi connectivity index (χ4n) is 1.61. The van der Waals surface area contributed by atoms with Crippen molar-refractivity contribution in [2.45, 2.75) is 19.5 Å². The molecule has 0 bridgehead atoms. The van der Waals surface area contributed by atoms with Crippen molar-refractivity contribution in [3.05, 3.63) is 51.7 Å². The Morgan fingerprint density at radius 1 is 1.47 bits per heavy atom. The highest BCUT2D eigenvalue weighted by Crippen LogP contribution is 2.15. The average Bonchev–Trinajstić information content (AvgIpc) is 2.86. The molecule has 0 spiro atoms. The van der Waals surface area contributed by atoms with Gasteiger partial charge in [-0.2, -0.15) is 0 Å². The number of nitrogens with zero attached hydrogens (tertiary/aromatic N) is 1. The topological polar surface area (TPSA) is 62.2 Å². The zero-order valence-corrected chi connectivity index (χ0v) is 11.1. The molecule has 1 aromatic heterocycles. The molecule has 0 saturated heterocycles. The molecule has 0 radical (unpaired) electrons. The second kappa shape index (κ2) is 5.90. The zero-order valence-electron chi connectivity index (χ0n) is 10.3. The molecule has 2 rings (SSSR count). The van der Waals surface area contributed by atoms with Gasteiger partial charge in [0.1, 0.15) is 5.82 Å². The molecule has 1 unspecified atom stereocenters. The van der Waals surface area contributed by atoms with Gasteiger partial charge in [-0.3, -0.25) is 0 Å². The van der Waals surface area contributed by atoms with Gasteiger partial charge in [-0.15, -0.1) is 11.3 Å². The first-order chi connectivity index (χ1) is 9.06. The highest BCUT2D eigenvalue weighted by atomic mass is 32.1. The summed E-state index contributed by atoms with van der Waals surface area (Å²) in [7, 11) is 0. The SMILES string of the molecule is CC(NCc1csc(C(=O)O)n1)c1ccc(F)cc1. The van der Waals surface area contributed by atoms with Gasteiger partial charge >= 0.3 is 5.97 Å². The van der Waals surface area contributed by atoms with Crippen molar-refractivity contribution >= 4 is 17.3 Å². The van der Waals surface area contributed by atoms with Gasteiger partial charge in [0.05, 0.1) is 5.69 Å². The first-order valence-electron chi connectivity index (χ1n) is 5.73. The van der Waals surface area contributed by atoms with Gasteiger partial charge in [-0.05, 0) is 24.6 Å². The lowest BCUT2D eigenvalue weighted by Crippen LogP contribution is -2.18. The van der Waals surface area contributed by atoms with Crippen LogP contribution in [0.4, 0.5) is 4.39 Å². The van der Waals surface area contributed by atoms with Gasteiger partial charge in [-0.1, -0.05) is 12.1 Å². The Balaban J connectivity index is 1.94. The summed E-state index contributed by atoms with van der Waals surface area (Å²) in [6, 6.07) is 6.31. The Morgan fingerprint density at radius 3 is 2.74 bits per heavy atom. The van der Waals surface area contributed by atoms with Crippen molar-refractivity contribution < 1.29 is 14.3 Å². The summed E-state index contributed by atoms with van der Waals surface area (Å²) in [5.74, 6) is -1.27. The summed E-state index contributed by atoms with van der Waals surface area (Å²) in [4.78, 5) is 14.7. The molecule has 1 atom stereocenters. The van der Waals surface area contributed by atoms with Crippen LogP contribution in [-0.4, -0.2) is 16.1 Å². The van der Waals surface area contributed by atoms with Crippen LogP contribution in [0.1, 0.15) is 34.0 Å². The maximum atomic E-state index is 12.8. The first kappa shape index (κ1) is 13.6. The predicted molar refractivity (Wildman–Crippen MR) is 70.7 cm³/mol. The number of aromatic carboxylic acids is 1. The molecule has 6 heteroatoms. The lowest BCUT2D eigenvalue weighted by molar-refractivity contribution is 0.0696. The van der Waals surface area contributed by atoms with E-state index in [2.05, 4.69) is 10.3 Å². The normalized spacial score (nSPS) is 12.3. The van der Waals surface area contributed by atoms with E-state index in [1.165, 1.54) is 12.1 Å². The van der Waals surface area contributed by atoms with E-state index in [0.717, 1.165) is 16.9 Å². The number of carboxylic acid groups (broad SMARTS) is 1. The second-order valence-corrected chi connectivity index (χ2v) is 4.96. The molecular formula is C13H13FN2O2S. The van der Waals surface area contributed by atoms with E-state index in [1.54, 1.807) is 17.5 Å². The summed E-state index contributed by atoms with van der Waals surface area (Å²) >= 11 is 1.11. The average molecular weight is 280 g/mol. The van der Waals surface area contributed by atoms with Crippen LogP contribution in [0.15, 0.2) is 29.6 Å². The van der Waals surface area contributed by atoms with E-state index in [0.29, 0.717) is 12.2 Å². The third-order valence-corrected chi connectivity index (χ3v) is 3.57. The number of rotatable bonds is 5. The summed E-state index contributed by atoms with van der Waals surface area (Å²) < 4.78 is 12.8. The molecule has 0 fully saturated rings. The minimum atomic E-state index is -1.01. The molecule has 0 aliphatic heterocycles. The van der Waals surface area contributed by atoms with E-state index in [9.17, 15) is 9.18 Å². The van der Waals surface area contributed by atoms with Crippen LogP contribution in [0.5, 0.6) is 0 Å². The number of aromatic nitrogens is 1. The largest absolute Gasteiger partial charge is 0.476 e. The molecular weight excluding hydrogens is 267 g/mol. The molecule has 19 heavy (non-hydrogen) atoms. The molecule has 4 nitrogen and oxygen atoms in total. The zero-order chi connectivity index (χ0) is 13.8. The van der Waals surface area contributed by atoms with Gasteiger partial charge in [0.2, 0.25) is 5.01 Å². The predicted octanol–water partition coefficient (Wildman–Crippen LogP) is 2.83. The lowest BCUT2D eigenvalue weighted by atomic mass is 10.1. The Kier molecular flexibility index (Phi) is 4.24. The Bertz CT molecular complexity index is 568. The molecule has 100 valence electrons. The Hall–Kier alpha value is -1.79. The lowest BCUT2D eigenvalue weighted by Gasteiger charge is -2.13. The minimum absolute atomic E-state index is 0.0376. The van der Waals surface area contributed by atoms with Gasteiger partial charge in [0.15, 0.2) is 0 Å². The maximum Gasteiger partial charge on any atom is 0.365 e. The van der Waals surface area contributed by atoms with Crippen LogP contribution < -0.4 is 5.32 Å². The summed E-state index contributed by atoms with van der Waals surface area (Å²) in [5, 5.41) is 13.8. The van der Waals surface area contributed by atoms with E-state index < -0.39 is 5.97 Å². The molecule has 1 aromatic carbocycles. The quantitative estimate of drug-likeness (QED) is 0.884. The van der Waals surface area contributed by atoms with Gasteiger partial charge in [0.25, 0.3) is 0 Å². The van der Waals surface area contributed by atoms with Crippen LogP contribution in [-0.2, 0) is 6.54 Å². The Labute approximate surface area is 113 Å². The number of thiazole rings is 1. The molecule has 0 amide bonds. The van der Waals surface area contributed by atoms with Crippen LogP contribution in [0.2, 0.25) is 0 Å². The molecule has 0 saturated carbocycles. The molecule has 2 aromatic rings. The summed E-state index contributed by atoms with van der Waals surface area (Å²) in [5.41, 5.74) is 1.66. The fraction of sp³-hybridized carbons (Fsp3) is 0.231. The smallest absolute Gasteiger partial charge is 0.365 e. The van der Waals surface area contributed by atoms with Crippen LogP contribution >= 0.6 is 11.3 Å². The number of benzene rings is 1. The molecule has 0 aliphatic rings. The van der Waals surface area contributed by atoms with Crippen molar-refractivity contribution in [1.82, 2.24) is 10.3 Å². The summed E-state index contributed by atoms with van der Waals surface area (Å²) in [6.45, 7) is 2.43. The van der Waals surface area contributed by atoms with Crippen LogP contribution in [0.3, 0.4) is 0 Å². The number of halogens is 1. The molecule has 2 N–H and O–H groups in total. The highest BCUT2D eigenvalue weighted by molar-refractivity contribution is 7.11. The third kappa shape index (κ3) is 3.59. The van der Waals surface area contributed by atoms with Gasteiger partial charge in [0, 0.05) is 18.0 Å². The van der Waals surface area contributed by atoms with Crippen molar-refractivity contribution in [3.8, 4) is 0 Å². The second-order valence-electron chi connectivity index (χ2n) is 4.10. The standard InChI is InChI=1S/C13H13FN2O2S/c1-8(9-2-4-10(14)5-3-9)15-6-11-7-19-12(16-11)13(17)18/h2-5,7-8,15H,6H2,1H3,(H,17,18). The van der Waals surface area contributed by atoms with E-state index in [4.69, 9.17) is 5.11 Å². The number of carbonyl (C=O) groups is 1. The van der Waals surface area contributed by atoms with Crippen molar-refractivity contribution in [1.29, 1.82) is 0 Å². The summed E-state index contributed by atoms with van der Waals surface area (Å²) in [6.07, 6.45) is 0. The number of nitrogens with one attached hydrogen (secondary N) is 1. The Morgan fingerprint density at radius 2 is 2.16 bits per heavy atom. The highest BCUT2D eigenvalue weighted by Gasteiger charge is 2.10. The number of hydrogen-bond acceptors (Lipinski definition) is 4. The fourth-order valence-corrected chi connectivity index (χ4v) is 2.27. The monoisotopic (exact) mass is 280 g/mol. The van der Waals surface area contributed by atoms with E-state index in [-0.39, 0.29) is 16.9 Å². The third-order valence-electron chi connectivity index (χ3n) is 2.69. The molecule has 1 heterocycles. The maximum absolute atomic E-state index is 12.8. The van der Waals surface area contributed by atoms with Crippen LogP contribution in [0.25, 0.3) is 0 Å². The first-order valence-corrected chi connectivity index (χ1v) is 6.61. The minimum Gasteiger partial charge on any atom is -0.476 e. The van der Waals surface area contributed by atoms with Crippen molar-refractivity contribution in [2.24, 2.45) is 0 Å². The van der Waals surface area contributed by atoms with Crippen LogP contribution in [0, 0.1) is 5.82 Å². The van der Waals surface area contributed by atoms with Gasteiger partial charge in [-0.25, -0.2) is 14.2 Å². The van der Waals surface area contributed by atoms with Gasteiger partial charge < -0.3 is 10.4 Å². The number of hydrogen-bond donors (Lipinski definition) is 2. The molecule has 0 aliphatic carbocycles. The van der Waals surface area contributed by atoms with Crippen molar-refractivity contribution in [3.63, 3.8) is 0 Å². The van der Waals surface area contributed by atoms with E-state index in [1.807, 2.05) is 6.92 Å². The van der Waals surface area contributed by atoms with Crippen molar-refractivity contribution in [2.75, 3.05) is 0 Å². The number of carboxylic acids is 1. The van der Waals surface area contributed by atoms with E-state index >= 15 is 0 Å².